The van der Waals surface area contributed by atoms with Gasteiger partial charge >= 0.3 is 0 Å². The molecule has 0 saturated carbocycles. The minimum absolute atomic E-state index is 0.0217. The van der Waals surface area contributed by atoms with Crippen LogP contribution in [0.4, 0.5) is 0 Å². The number of likely N-dealkylation sites (N-methyl/N-ethyl adjacent to an activating group) is 1. The molecule has 39 heavy (non-hydrogen) atoms. The second-order valence-electron chi connectivity index (χ2n) is 9.49. The van der Waals surface area contributed by atoms with Gasteiger partial charge in [0.25, 0.3) is 0 Å². The number of aliphatic hydroxyl groups excluding tert-OH is 1. The molecular formula is C28H31N3O6S2. The Morgan fingerprint density at radius 1 is 1.10 bits per heavy atom. The Bertz CT molecular complexity index is 1570. The van der Waals surface area contributed by atoms with Crippen molar-refractivity contribution in [2.75, 3.05) is 26.7 Å². The van der Waals surface area contributed by atoms with Crippen LogP contribution in [0, 0.1) is 17.8 Å². The minimum atomic E-state index is -4.03. The predicted octanol–water partition coefficient (Wildman–Crippen LogP) is 2.57. The van der Waals surface area contributed by atoms with Gasteiger partial charge < -0.3 is 9.84 Å². The zero-order valence-electron chi connectivity index (χ0n) is 21.9. The van der Waals surface area contributed by atoms with Crippen LogP contribution in [-0.2, 0) is 20.0 Å². The van der Waals surface area contributed by atoms with Gasteiger partial charge in [-0.15, -0.1) is 0 Å². The number of hydrogen-bond acceptors (Lipinski definition) is 7. The lowest BCUT2D eigenvalue weighted by molar-refractivity contribution is 0.0904. The van der Waals surface area contributed by atoms with Crippen molar-refractivity contribution in [3.63, 3.8) is 0 Å². The zero-order chi connectivity index (χ0) is 28.2. The van der Waals surface area contributed by atoms with E-state index in [4.69, 9.17) is 4.74 Å². The summed E-state index contributed by atoms with van der Waals surface area (Å²) in [5, 5.41) is 9.83. The fourth-order valence-corrected chi connectivity index (χ4v) is 7.25. The third kappa shape index (κ3) is 6.32. The van der Waals surface area contributed by atoms with E-state index in [9.17, 15) is 21.9 Å². The molecule has 0 radical (unpaired) electrons. The molecule has 1 aliphatic rings. The summed E-state index contributed by atoms with van der Waals surface area (Å²) < 4.78 is 62.5. The molecule has 1 N–H and O–H groups in total. The van der Waals surface area contributed by atoms with Crippen LogP contribution in [0.3, 0.4) is 0 Å². The summed E-state index contributed by atoms with van der Waals surface area (Å²) in [5.74, 6) is 5.70. The van der Waals surface area contributed by atoms with Gasteiger partial charge in [0.05, 0.1) is 18.0 Å². The summed E-state index contributed by atoms with van der Waals surface area (Å²) in [4.78, 5) is 4.06. The maximum Gasteiger partial charge on any atom is 0.247 e. The maximum atomic E-state index is 13.7. The van der Waals surface area contributed by atoms with E-state index < -0.39 is 38.1 Å². The van der Waals surface area contributed by atoms with Gasteiger partial charge in [-0.25, -0.2) is 16.8 Å². The molecule has 0 aliphatic carbocycles. The van der Waals surface area contributed by atoms with Crippen LogP contribution in [0.15, 0.2) is 82.8 Å². The van der Waals surface area contributed by atoms with Crippen LogP contribution in [0.25, 0.3) is 0 Å². The second kappa shape index (κ2) is 11.9. The Morgan fingerprint density at radius 2 is 1.77 bits per heavy atom. The predicted molar refractivity (Wildman–Crippen MR) is 147 cm³/mol. The molecule has 2 aromatic carbocycles. The number of rotatable bonds is 6. The van der Waals surface area contributed by atoms with Crippen molar-refractivity contribution < 1.29 is 26.7 Å². The van der Waals surface area contributed by atoms with Gasteiger partial charge in [0.1, 0.15) is 16.7 Å². The molecule has 2 heterocycles. The highest BCUT2D eigenvalue weighted by Crippen LogP contribution is 2.34. The average Bonchev–Trinajstić information content (AvgIpc) is 2.94. The number of pyridine rings is 1. The monoisotopic (exact) mass is 569 g/mol. The normalized spacial score (nSPS) is 20.0. The van der Waals surface area contributed by atoms with Crippen LogP contribution in [0.5, 0.6) is 5.75 Å². The van der Waals surface area contributed by atoms with Gasteiger partial charge in [-0.3, -0.25) is 4.98 Å². The number of aliphatic hydroxyl groups is 1. The van der Waals surface area contributed by atoms with Crippen molar-refractivity contribution in [2.45, 2.75) is 35.8 Å². The summed E-state index contributed by atoms with van der Waals surface area (Å²) in [5.41, 5.74) is 1.27. The first-order valence-corrected chi connectivity index (χ1v) is 15.3. The lowest BCUT2D eigenvalue weighted by Crippen LogP contribution is -2.50. The minimum Gasteiger partial charge on any atom is -0.487 e. The molecule has 11 heteroatoms. The highest BCUT2D eigenvalue weighted by Gasteiger charge is 2.39. The lowest BCUT2D eigenvalue weighted by atomic mass is 10.0. The first kappa shape index (κ1) is 28.7. The lowest BCUT2D eigenvalue weighted by Gasteiger charge is -2.37. The van der Waals surface area contributed by atoms with E-state index in [2.05, 4.69) is 16.8 Å². The maximum absolute atomic E-state index is 13.7. The fourth-order valence-electron chi connectivity index (χ4n) is 4.22. The number of fused-ring (bicyclic) bond motifs is 1. The first-order chi connectivity index (χ1) is 18.5. The summed E-state index contributed by atoms with van der Waals surface area (Å²) in [6.45, 7) is 3.08. The largest absolute Gasteiger partial charge is 0.487 e. The third-order valence-electron chi connectivity index (χ3n) is 6.59. The van der Waals surface area contributed by atoms with Crippen LogP contribution in [0.1, 0.15) is 25.0 Å². The van der Waals surface area contributed by atoms with E-state index in [0.717, 1.165) is 5.56 Å². The van der Waals surface area contributed by atoms with Crippen molar-refractivity contribution in [1.29, 1.82) is 0 Å². The molecule has 0 unspecified atom stereocenters. The van der Waals surface area contributed by atoms with Gasteiger partial charge in [-0.05, 0) is 49.4 Å². The van der Waals surface area contributed by atoms with E-state index in [1.54, 1.807) is 68.7 Å². The topological polar surface area (TPSA) is 117 Å². The number of aromatic nitrogens is 1. The molecule has 1 aromatic heterocycles. The number of benzene rings is 2. The number of sulfonamides is 2. The second-order valence-corrected chi connectivity index (χ2v) is 13.4. The fraction of sp³-hybridized carbons (Fsp3) is 0.321. The molecule has 206 valence electrons. The van der Waals surface area contributed by atoms with E-state index in [1.165, 1.54) is 33.9 Å². The molecule has 0 spiro atoms. The zero-order valence-corrected chi connectivity index (χ0v) is 23.6. The molecule has 1 aliphatic heterocycles. The Balaban J connectivity index is 1.75. The Hall–Kier alpha value is -3.27. The van der Waals surface area contributed by atoms with E-state index >= 15 is 0 Å². The van der Waals surface area contributed by atoms with Crippen LogP contribution < -0.4 is 4.74 Å². The van der Waals surface area contributed by atoms with Crippen molar-refractivity contribution in [3.8, 4) is 17.6 Å². The van der Waals surface area contributed by atoms with Gasteiger partial charge in [-0.1, -0.05) is 37.0 Å². The van der Waals surface area contributed by atoms with Crippen molar-refractivity contribution in [2.24, 2.45) is 5.92 Å². The highest BCUT2D eigenvalue weighted by atomic mass is 32.2. The molecule has 0 fully saturated rings. The molecule has 0 bridgehead atoms. The Kier molecular flexibility index (Phi) is 8.73. The number of nitrogens with zero attached hydrogens (tertiary/aromatic N) is 3. The third-order valence-corrected chi connectivity index (χ3v) is 10.4. The van der Waals surface area contributed by atoms with Gasteiger partial charge in [0.2, 0.25) is 20.0 Å². The smallest absolute Gasteiger partial charge is 0.247 e. The first-order valence-electron chi connectivity index (χ1n) is 12.4. The summed E-state index contributed by atoms with van der Waals surface area (Å²) in [7, 11) is -6.37. The molecule has 0 amide bonds. The standard InChI is InChI=1S/C28H31N3O6S2/c1-21-18-31(22(2)20-32)39(35,36)28-12-11-24(10-9-23-13-15-29-16-14-23)17-26(28)37-27(21)19-30(3)38(33,34)25-7-5-4-6-8-25/h4-8,11-17,21-22,27,32H,18-20H2,1-3H3/t21-,22+,27+/m0/s1. The Labute approximate surface area is 230 Å². The molecule has 0 saturated heterocycles. The number of ether oxygens (including phenoxy) is 1. The Morgan fingerprint density at radius 3 is 2.44 bits per heavy atom. The average molecular weight is 570 g/mol. The molecular weight excluding hydrogens is 538 g/mol. The van der Waals surface area contributed by atoms with E-state index in [-0.39, 0.29) is 35.2 Å². The van der Waals surface area contributed by atoms with Gasteiger partial charge in [-0.2, -0.15) is 8.61 Å². The van der Waals surface area contributed by atoms with E-state index in [1.807, 2.05) is 0 Å². The van der Waals surface area contributed by atoms with E-state index in [0.29, 0.717) is 5.56 Å². The highest BCUT2D eigenvalue weighted by molar-refractivity contribution is 7.89. The van der Waals surface area contributed by atoms with Gasteiger partial charge in [0.15, 0.2) is 0 Å². The van der Waals surface area contributed by atoms with Crippen LogP contribution in [0.2, 0.25) is 0 Å². The SMILES string of the molecule is C[C@H](CO)N1C[C@H](C)[C@@H](CN(C)S(=O)(=O)c2ccccc2)Oc2cc(C#Cc3ccncc3)ccc2S1(=O)=O. The van der Waals surface area contributed by atoms with Crippen LogP contribution >= 0.6 is 0 Å². The van der Waals surface area contributed by atoms with Crippen molar-refractivity contribution in [1.82, 2.24) is 13.6 Å². The van der Waals surface area contributed by atoms with Crippen molar-refractivity contribution in [3.05, 3.63) is 84.2 Å². The molecule has 3 atom stereocenters. The van der Waals surface area contributed by atoms with Crippen LogP contribution in [-0.4, -0.2) is 74.4 Å². The number of hydrogen-bond donors (Lipinski definition) is 1. The molecule has 3 aromatic rings. The quantitative estimate of drug-likeness (QED) is 0.454. The molecule has 4 rings (SSSR count). The van der Waals surface area contributed by atoms with Gasteiger partial charge in [0, 0.05) is 49.1 Å². The molecule has 9 nitrogen and oxygen atoms in total. The summed E-state index contributed by atoms with van der Waals surface area (Å²) >= 11 is 0. The van der Waals surface area contributed by atoms with Crippen molar-refractivity contribution >= 4 is 20.0 Å². The summed E-state index contributed by atoms with van der Waals surface area (Å²) in [6.07, 6.45) is 2.56. The summed E-state index contributed by atoms with van der Waals surface area (Å²) in [6, 6.07) is 15.5.